The Morgan fingerprint density at radius 3 is 2.19 bits per heavy atom. The lowest BCUT2D eigenvalue weighted by Gasteiger charge is -2.25. The fourth-order valence-corrected chi connectivity index (χ4v) is 3.68. The zero-order valence-electron chi connectivity index (χ0n) is 20.9. The lowest BCUT2D eigenvalue weighted by atomic mass is 10.1. The maximum absolute atomic E-state index is 12.1. The largest absolute Gasteiger partial charge is 0.472 e. The minimum absolute atomic E-state index is 0.0598. The molecule has 0 radical (unpaired) electrons. The van der Waals surface area contributed by atoms with Crippen LogP contribution in [0.1, 0.15) is 78.1 Å². The minimum atomic E-state index is -4.28. The molecule has 8 nitrogen and oxygen atoms in total. The van der Waals surface area contributed by atoms with Crippen LogP contribution in [0.2, 0.25) is 0 Å². The molecule has 9 heteroatoms. The van der Waals surface area contributed by atoms with Gasteiger partial charge in [-0.25, -0.2) is 4.57 Å². The highest BCUT2D eigenvalue weighted by Gasteiger charge is 2.27. The van der Waals surface area contributed by atoms with Gasteiger partial charge in [-0.2, -0.15) is 0 Å². The summed E-state index contributed by atoms with van der Waals surface area (Å²) in [5, 5.41) is 13.1. The van der Waals surface area contributed by atoms with Gasteiger partial charge in [0.15, 0.2) is 0 Å². The number of rotatable bonds is 20. The molecule has 32 heavy (non-hydrogen) atoms. The molecule has 0 aromatic rings. The first-order valence-corrected chi connectivity index (χ1v) is 13.6. The van der Waals surface area contributed by atoms with Crippen LogP contribution in [0.4, 0.5) is 0 Å². The van der Waals surface area contributed by atoms with Gasteiger partial charge in [-0.3, -0.25) is 13.8 Å². The Morgan fingerprint density at radius 1 is 1.03 bits per heavy atom. The quantitative estimate of drug-likeness (QED) is 0.105. The Balaban J connectivity index is 4.44. The lowest BCUT2D eigenvalue weighted by molar-refractivity contribution is -0.870. The summed E-state index contributed by atoms with van der Waals surface area (Å²) >= 11 is 0. The fourth-order valence-electron chi connectivity index (χ4n) is 2.94. The lowest BCUT2D eigenvalue weighted by Crippen LogP contribution is -2.45. The van der Waals surface area contributed by atoms with Gasteiger partial charge in [-0.05, 0) is 12.8 Å². The Kier molecular flexibility index (Phi) is 17.3. The van der Waals surface area contributed by atoms with Gasteiger partial charge >= 0.3 is 7.82 Å². The summed E-state index contributed by atoms with van der Waals surface area (Å²) < 4.78 is 22.7. The molecule has 3 unspecified atom stereocenters. The van der Waals surface area contributed by atoms with Crippen LogP contribution < -0.4 is 5.32 Å². The molecule has 0 aliphatic rings. The van der Waals surface area contributed by atoms with Crippen LogP contribution >= 0.6 is 7.82 Å². The third kappa shape index (κ3) is 18.8. The second-order valence-corrected chi connectivity index (χ2v) is 10.8. The predicted octanol–water partition coefficient (Wildman–Crippen LogP) is 4.17. The number of aliphatic hydroxyl groups excluding tert-OH is 1. The average molecular weight is 480 g/mol. The molecule has 0 aromatic carbocycles. The first kappa shape index (κ1) is 31.2. The maximum Gasteiger partial charge on any atom is 0.472 e. The molecule has 0 saturated heterocycles. The second-order valence-electron chi connectivity index (χ2n) is 9.32. The first-order valence-electron chi connectivity index (χ1n) is 12.1. The van der Waals surface area contributed by atoms with Gasteiger partial charge in [-0.1, -0.05) is 70.9 Å². The van der Waals surface area contributed by atoms with E-state index in [4.69, 9.17) is 9.05 Å². The van der Waals surface area contributed by atoms with E-state index in [1.54, 1.807) is 13.0 Å². The third-order valence-corrected chi connectivity index (χ3v) is 6.06. The van der Waals surface area contributed by atoms with Crippen molar-refractivity contribution in [3.63, 3.8) is 0 Å². The topological polar surface area (TPSA) is 105 Å². The number of allylic oxidation sites excluding steroid dienone is 1. The van der Waals surface area contributed by atoms with Crippen LogP contribution in [0.3, 0.4) is 0 Å². The number of phosphoric acid groups is 1. The van der Waals surface area contributed by atoms with Gasteiger partial charge in [0.1, 0.15) is 13.2 Å². The van der Waals surface area contributed by atoms with Gasteiger partial charge in [0.2, 0.25) is 5.91 Å². The number of hydrogen-bond donors (Lipinski definition) is 3. The Hall–Kier alpha value is -0.760. The van der Waals surface area contributed by atoms with Crippen molar-refractivity contribution in [1.29, 1.82) is 0 Å². The highest BCUT2D eigenvalue weighted by molar-refractivity contribution is 7.47. The van der Waals surface area contributed by atoms with E-state index in [9.17, 15) is 19.4 Å². The van der Waals surface area contributed by atoms with Crippen molar-refractivity contribution in [1.82, 2.24) is 5.32 Å². The van der Waals surface area contributed by atoms with E-state index in [1.807, 2.05) is 27.2 Å². The third-order valence-electron chi connectivity index (χ3n) is 5.07. The summed E-state index contributed by atoms with van der Waals surface area (Å²) in [4.78, 5) is 21.7. The van der Waals surface area contributed by atoms with Crippen molar-refractivity contribution < 1.29 is 32.9 Å². The number of unbranched alkanes of at least 4 members (excludes halogenated alkanes) is 8. The van der Waals surface area contributed by atoms with Crippen molar-refractivity contribution in [2.24, 2.45) is 0 Å². The van der Waals surface area contributed by atoms with Crippen molar-refractivity contribution >= 4 is 13.7 Å². The first-order chi connectivity index (χ1) is 15.0. The number of likely N-dealkylation sites (N-methyl/N-ethyl adjacent to an activating group) is 1. The molecule has 0 aromatic heterocycles. The molecule has 0 saturated carbocycles. The van der Waals surface area contributed by atoms with Crippen LogP contribution in [0.5, 0.6) is 0 Å². The highest BCUT2D eigenvalue weighted by atomic mass is 31.2. The molecule has 0 rings (SSSR count). The highest BCUT2D eigenvalue weighted by Crippen LogP contribution is 2.43. The SMILES string of the molecule is CCCCCCCCCC/C=C/C(O)C(COP(=O)(O)OCC[N+](C)(C)C)NC(=O)CC. The van der Waals surface area contributed by atoms with E-state index in [0.29, 0.717) is 11.0 Å². The van der Waals surface area contributed by atoms with Crippen LogP contribution in [0.25, 0.3) is 0 Å². The van der Waals surface area contributed by atoms with Gasteiger partial charge in [0.25, 0.3) is 0 Å². The number of phosphoric ester groups is 1. The van der Waals surface area contributed by atoms with Gasteiger partial charge in [-0.15, -0.1) is 0 Å². The van der Waals surface area contributed by atoms with E-state index >= 15 is 0 Å². The van der Waals surface area contributed by atoms with E-state index in [0.717, 1.165) is 19.3 Å². The van der Waals surface area contributed by atoms with Crippen molar-refractivity contribution in [3.05, 3.63) is 12.2 Å². The second kappa shape index (κ2) is 17.7. The number of nitrogens with zero attached hydrogens (tertiary/aromatic N) is 1. The van der Waals surface area contributed by atoms with Crippen LogP contribution in [-0.2, 0) is 18.4 Å². The predicted molar refractivity (Wildman–Crippen MR) is 129 cm³/mol. The van der Waals surface area contributed by atoms with Crippen molar-refractivity contribution in [2.45, 2.75) is 90.2 Å². The van der Waals surface area contributed by atoms with Crippen LogP contribution in [0, 0.1) is 0 Å². The molecule has 0 aliphatic carbocycles. The molecule has 0 spiro atoms. The number of carbonyl (C=O) groups excluding carboxylic acids is 1. The molecule has 0 fully saturated rings. The molecule has 190 valence electrons. The minimum Gasteiger partial charge on any atom is -0.387 e. The number of carbonyl (C=O) groups is 1. The van der Waals surface area contributed by atoms with Gasteiger partial charge in [0.05, 0.1) is 39.9 Å². The number of amides is 1. The summed E-state index contributed by atoms with van der Waals surface area (Å²) in [6, 6.07) is -0.834. The maximum atomic E-state index is 12.1. The fraction of sp³-hybridized carbons (Fsp3) is 0.870. The molecule has 0 heterocycles. The summed E-state index contributed by atoms with van der Waals surface area (Å²) in [5.41, 5.74) is 0. The Morgan fingerprint density at radius 2 is 1.62 bits per heavy atom. The molecule has 0 bridgehead atoms. The molecular formula is C23H48N2O6P+. The van der Waals surface area contributed by atoms with Crippen molar-refractivity contribution in [3.8, 4) is 0 Å². The zero-order valence-corrected chi connectivity index (χ0v) is 21.8. The number of nitrogens with one attached hydrogen (secondary N) is 1. The molecule has 0 aliphatic heterocycles. The summed E-state index contributed by atoms with van der Waals surface area (Å²) in [6.45, 7) is 4.18. The van der Waals surface area contributed by atoms with E-state index < -0.39 is 20.0 Å². The summed E-state index contributed by atoms with van der Waals surface area (Å²) in [7, 11) is 1.56. The van der Waals surface area contributed by atoms with Gasteiger partial charge in [0, 0.05) is 6.42 Å². The number of quaternary nitrogens is 1. The number of aliphatic hydroxyl groups is 1. The molecule has 3 N–H and O–H groups in total. The van der Waals surface area contributed by atoms with Crippen LogP contribution in [-0.4, -0.2) is 73.4 Å². The average Bonchev–Trinajstić information content (AvgIpc) is 2.70. The smallest absolute Gasteiger partial charge is 0.387 e. The van der Waals surface area contributed by atoms with Gasteiger partial charge < -0.3 is 19.8 Å². The van der Waals surface area contributed by atoms with E-state index in [1.165, 1.54) is 38.5 Å². The number of hydrogen-bond acceptors (Lipinski definition) is 5. The monoisotopic (exact) mass is 479 g/mol. The molecular weight excluding hydrogens is 431 g/mol. The Bertz CT molecular complexity index is 565. The van der Waals surface area contributed by atoms with Crippen molar-refractivity contribution in [2.75, 3.05) is 40.9 Å². The van der Waals surface area contributed by atoms with E-state index in [2.05, 4.69) is 12.2 Å². The standard InChI is InChI=1S/C23H47N2O6P/c1-6-8-9-10-11-12-13-14-15-16-17-22(26)21(24-23(27)7-2)20-31-32(28,29)30-19-18-25(3,4)5/h16-17,21-22,26H,6-15,18-20H2,1-5H3,(H-,24,27,28,29)/p+1/b17-16+. The normalized spacial score (nSPS) is 16.1. The van der Waals surface area contributed by atoms with E-state index in [-0.39, 0.29) is 25.5 Å². The Labute approximate surface area is 195 Å². The molecule has 3 atom stereocenters. The summed E-state index contributed by atoms with van der Waals surface area (Å²) in [5.74, 6) is -0.271. The van der Waals surface area contributed by atoms with Crippen LogP contribution in [0.15, 0.2) is 12.2 Å². The summed E-state index contributed by atoms with van der Waals surface area (Å²) in [6.07, 6.45) is 13.5. The molecule has 1 amide bonds. The zero-order chi connectivity index (χ0) is 24.5.